The van der Waals surface area contributed by atoms with Crippen LogP contribution in [0, 0.1) is 5.41 Å². The third-order valence-electron chi connectivity index (χ3n) is 20.4. The zero-order valence-electron chi connectivity index (χ0n) is 63.4. The minimum Gasteiger partial charge on any atom is -0.490 e. The maximum absolute atomic E-state index is 7.11. The van der Waals surface area contributed by atoms with Crippen molar-refractivity contribution in [1.82, 2.24) is 0 Å². The Labute approximate surface area is 605 Å². The van der Waals surface area contributed by atoms with E-state index in [0.717, 1.165) is 239 Å². The molecule has 0 unspecified atom stereocenters. The molecule has 0 saturated heterocycles. The van der Waals surface area contributed by atoms with Gasteiger partial charge in [0.2, 0.25) is 0 Å². The highest BCUT2D eigenvalue weighted by atomic mass is 16.6. The standard InChI is InChI=1S/C89H124O12/c1-9-17-25-33-41-90-77-49-65-66-50-78(91-42-34-26-18-10-2)82(95-46-38-30-22-14-6)54-70(66)74-58-86-85(57-73(74)69(65)53-81(77)94-45-37-29-21-13-5)98-61-89(62-99-86)63-100-87-59-75-71-55-83(96-47-39-31-23-15-7)79(92-43-35-27-19-11-3)51-67(71)68-52-80(93-44-36-28-20-12-4)84(97-48-40-32-24-16-8)56-72(68)76(75)60-88(87)101-64-89/h49-60H,9-48,61-64H2,1-8H3. The van der Waals surface area contributed by atoms with Gasteiger partial charge in [0, 0.05) is 0 Å². The molecule has 0 N–H and O–H groups in total. The van der Waals surface area contributed by atoms with Crippen LogP contribution in [0.5, 0.6) is 69.0 Å². The van der Waals surface area contributed by atoms with Crippen LogP contribution in [0.1, 0.15) is 261 Å². The van der Waals surface area contributed by atoms with E-state index in [1.807, 2.05) is 0 Å². The second-order valence-electron chi connectivity index (χ2n) is 29.0. The first kappa shape index (κ1) is 76.6. The molecule has 2 aliphatic rings. The van der Waals surface area contributed by atoms with Crippen LogP contribution in [0.3, 0.4) is 0 Å². The lowest BCUT2D eigenvalue weighted by Crippen LogP contribution is -2.43. The molecule has 2 heterocycles. The average Bonchev–Trinajstić information content (AvgIpc) is 1.29. The Morgan fingerprint density at radius 2 is 0.337 bits per heavy atom. The maximum Gasteiger partial charge on any atom is 0.161 e. The third kappa shape index (κ3) is 20.6. The molecule has 552 valence electrons. The van der Waals surface area contributed by atoms with Gasteiger partial charge in [0.15, 0.2) is 69.0 Å². The molecule has 0 atom stereocenters. The van der Waals surface area contributed by atoms with E-state index in [2.05, 4.69) is 128 Å². The topological polar surface area (TPSA) is 111 Å². The molecule has 101 heavy (non-hydrogen) atoms. The summed E-state index contributed by atoms with van der Waals surface area (Å²) in [5.74, 6) is 8.76. The van der Waals surface area contributed by atoms with Gasteiger partial charge in [-0.15, -0.1) is 0 Å². The Kier molecular flexibility index (Phi) is 30.8. The third-order valence-corrected chi connectivity index (χ3v) is 20.4. The summed E-state index contributed by atoms with van der Waals surface area (Å²) < 4.78 is 82.7. The van der Waals surface area contributed by atoms with Gasteiger partial charge in [0.1, 0.15) is 31.8 Å². The first-order chi connectivity index (χ1) is 49.8. The molecule has 12 nitrogen and oxygen atoms in total. The number of rotatable bonds is 48. The Morgan fingerprint density at radius 1 is 0.198 bits per heavy atom. The molecule has 2 aliphatic heterocycles. The molecular weight excluding hydrogens is 1260 g/mol. The van der Waals surface area contributed by atoms with Crippen LogP contribution in [0.4, 0.5) is 0 Å². The molecule has 0 amide bonds. The molecule has 0 fully saturated rings. The van der Waals surface area contributed by atoms with Crippen molar-refractivity contribution in [3.63, 3.8) is 0 Å². The van der Waals surface area contributed by atoms with E-state index >= 15 is 0 Å². The van der Waals surface area contributed by atoms with Gasteiger partial charge >= 0.3 is 0 Å². The van der Waals surface area contributed by atoms with Crippen molar-refractivity contribution in [2.45, 2.75) is 261 Å². The van der Waals surface area contributed by atoms with Crippen LogP contribution in [0.25, 0.3) is 64.6 Å². The number of fused-ring (bicyclic) bond motifs is 14. The molecule has 8 aromatic carbocycles. The van der Waals surface area contributed by atoms with Crippen LogP contribution >= 0.6 is 0 Å². The van der Waals surface area contributed by atoms with Gasteiger partial charge in [-0.05, 0) is 189 Å². The van der Waals surface area contributed by atoms with E-state index in [1.54, 1.807) is 0 Å². The predicted octanol–water partition coefficient (Wildman–Crippen LogP) is 25.5. The molecule has 0 bridgehead atoms. The highest BCUT2D eigenvalue weighted by Crippen LogP contribution is 2.51. The van der Waals surface area contributed by atoms with Crippen LogP contribution in [-0.4, -0.2) is 79.3 Å². The fraction of sp³-hybridized carbons (Fsp3) is 0.596. The lowest BCUT2D eigenvalue weighted by Gasteiger charge is -2.27. The summed E-state index contributed by atoms with van der Waals surface area (Å²) in [4.78, 5) is 0. The van der Waals surface area contributed by atoms with Crippen molar-refractivity contribution in [2.75, 3.05) is 79.3 Å². The fourth-order valence-electron chi connectivity index (χ4n) is 14.2. The van der Waals surface area contributed by atoms with Crippen LogP contribution in [-0.2, 0) is 0 Å². The first-order valence-corrected chi connectivity index (χ1v) is 40.4. The van der Waals surface area contributed by atoms with E-state index in [9.17, 15) is 0 Å². The van der Waals surface area contributed by atoms with E-state index in [4.69, 9.17) is 56.8 Å². The van der Waals surface area contributed by atoms with Crippen LogP contribution in [0.2, 0.25) is 0 Å². The number of benzene rings is 8. The largest absolute Gasteiger partial charge is 0.490 e. The van der Waals surface area contributed by atoms with Gasteiger partial charge < -0.3 is 56.8 Å². The highest BCUT2D eigenvalue weighted by Gasteiger charge is 2.40. The second kappa shape index (κ2) is 40.7. The van der Waals surface area contributed by atoms with Crippen molar-refractivity contribution in [3.05, 3.63) is 72.8 Å². The molecule has 0 aromatic heterocycles. The van der Waals surface area contributed by atoms with Crippen molar-refractivity contribution in [3.8, 4) is 69.0 Å². The van der Waals surface area contributed by atoms with Crippen LogP contribution < -0.4 is 56.8 Å². The molecule has 12 heteroatoms. The Hall–Kier alpha value is -7.08. The van der Waals surface area contributed by atoms with Crippen LogP contribution in [0.15, 0.2) is 72.8 Å². The molecular formula is C89H124O12. The van der Waals surface area contributed by atoms with Gasteiger partial charge in [-0.3, -0.25) is 0 Å². The lowest BCUT2D eigenvalue weighted by atomic mass is 9.92. The van der Waals surface area contributed by atoms with Gasteiger partial charge in [0.25, 0.3) is 0 Å². The Bertz CT molecular complexity index is 3360. The molecule has 0 saturated carbocycles. The number of unbranched alkanes of at least 4 members (excludes halogenated alkanes) is 24. The highest BCUT2D eigenvalue weighted by molar-refractivity contribution is 6.28. The predicted molar refractivity (Wildman–Crippen MR) is 419 cm³/mol. The zero-order chi connectivity index (χ0) is 70.4. The summed E-state index contributed by atoms with van der Waals surface area (Å²) in [7, 11) is 0. The molecule has 0 radical (unpaired) electrons. The van der Waals surface area contributed by atoms with Gasteiger partial charge in [-0.25, -0.2) is 0 Å². The van der Waals surface area contributed by atoms with E-state index in [0.29, 0.717) is 102 Å². The van der Waals surface area contributed by atoms with E-state index in [-0.39, 0.29) is 0 Å². The Morgan fingerprint density at radius 3 is 0.475 bits per heavy atom. The quantitative estimate of drug-likeness (QED) is 0.0267. The summed E-state index contributed by atoms with van der Waals surface area (Å²) in [5, 5.41) is 12.5. The number of hydrogen-bond acceptors (Lipinski definition) is 12. The lowest BCUT2D eigenvalue weighted by molar-refractivity contribution is 0.0239. The van der Waals surface area contributed by atoms with Crippen molar-refractivity contribution in [1.29, 1.82) is 0 Å². The average molecular weight is 1390 g/mol. The first-order valence-electron chi connectivity index (χ1n) is 40.4. The van der Waals surface area contributed by atoms with Gasteiger partial charge in [0.05, 0.1) is 52.9 Å². The number of hydrogen-bond donors (Lipinski definition) is 0. The SMILES string of the molecule is CCCCCCOc1cc2c3cc(OCCCCCC)c(OCCCCCC)cc3c3cc4c(cc3c2cc1OCCCCCC)OCC1(CO4)COc2cc3c4cc(OCCCCCC)c(OCCCCCC)cc4c4cc(OCCCCCC)c(OCCCCCC)cc4c3cc2OC1. The Balaban J connectivity index is 1.06. The van der Waals surface area contributed by atoms with Gasteiger partial charge in [-0.2, -0.15) is 0 Å². The van der Waals surface area contributed by atoms with E-state index in [1.165, 1.54) is 77.0 Å². The number of ether oxygens (including phenoxy) is 12. The molecule has 8 aromatic rings. The molecule has 1 spiro atoms. The summed E-state index contributed by atoms with van der Waals surface area (Å²) in [6, 6.07) is 26.4. The second-order valence-corrected chi connectivity index (χ2v) is 29.0. The summed E-state index contributed by atoms with van der Waals surface area (Å²) in [6.45, 7) is 24.1. The van der Waals surface area contributed by atoms with E-state index < -0.39 is 5.41 Å². The summed E-state index contributed by atoms with van der Waals surface area (Å²) in [6.07, 6.45) is 35.5. The maximum atomic E-state index is 7.11. The fourth-order valence-corrected chi connectivity index (χ4v) is 14.2. The minimum atomic E-state index is -0.695. The molecule has 0 aliphatic carbocycles. The van der Waals surface area contributed by atoms with Crippen molar-refractivity contribution >= 4 is 64.6 Å². The smallest absolute Gasteiger partial charge is 0.161 e. The normalized spacial score (nSPS) is 13.4. The molecule has 10 rings (SSSR count). The minimum absolute atomic E-state index is 0.299. The van der Waals surface area contributed by atoms with Crippen molar-refractivity contribution < 1.29 is 56.8 Å². The van der Waals surface area contributed by atoms with Gasteiger partial charge in [-0.1, -0.05) is 209 Å². The monoisotopic (exact) mass is 1380 g/mol. The zero-order valence-corrected chi connectivity index (χ0v) is 63.4. The summed E-state index contributed by atoms with van der Waals surface area (Å²) in [5.41, 5.74) is -0.695. The summed E-state index contributed by atoms with van der Waals surface area (Å²) >= 11 is 0. The van der Waals surface area contributed by atoms with Crippen molar-refractivity contribution in [2.24, 2.45) is 5.41 Å².